The van der Waals surface area contributed by atoms with E-state index >= 15 is 9.59 Å². The number of hydrogen-bond donors (Lipinski definition) is 1. The SMILES string of the molecule is CN1CCN(CC2Cc3ccccc3CN2C(=O)c2cc3c(cc2-n2cc(C(=O)N(c4ccccc4)c4ccc(O)cc4)c4ccccc42)OC[C@H](COCc2ccccc2)O3)CC1. The molecule has 11 nitrogen and oxygen atoms in total. The van der Waals surface area contributed by atoms with Crippen molar-refractivity contribution in [2.24, 2.45) is 0 Å². The van der Waals surface area contributed by atoms with Gasteiger partial charge in [0.25, 0.3) is 11.8 Å². The monoisotopic (exact) mass is 853 g/mol. The molecular formula is C53H51N5O6. The maximum Gasteiger partial charge on any atom is 0.265 e. The van der Waals surface area contributed by atoms with Crippen molar-refractivity contribution in [2.75, 3.05) is 57.9 Å². The van der Waals surface area contributed by atoms with Crippen LogP contribution in [0.1, 0.15) is 37.4 Å². The molecule has 6 aromatic carbocycles. The zero-order valence-electron chi connectivity index (χ0n) is 35.9. The summed E-state index contributed by atoms with van der Waals surface area (Å²) < 4.78 is 21.1. The fourth-order valence-corrected chi connectivity index (χ4v) is 9.19. The summed E-state index contributed by atoms with van der Waals surface area (Å²) in [6.45, 7) is 6.08. The van der Waals surface area contributed by atoms with Gasteiger partial charge in [-0.05, 0) is 78.7 Å². The van der Waals surface area contributed by atoms with Gasteiger partial charge >= 0.3 is 0 Å². The summed E-state index contributed by atoms with van der Waals surface area (Å²) in [5.74, 6) is 0.679. The molecule has 11 heteroatoms. The molecule has 1 fully saturated rings. The van der Waals surface area contributed by atoms with Crippen molar-refractivity contribution in [2.45, 2.75) is 31.7 Å². The minimum atomic E-state index is -0.391. The number of nitrogens with zero attached hydrogens (tertiary/aromatic N) is 5. The minimum Gasteiger partial charge on any atom is -0.508 e. The summed E-state index contributed by atoms with van der Waals surface area (Å²) in [6.07, 6.45) is 2.18. The van der Waals surface area contributed by atoms with E-state index in [4.69, 9.17) is 14.2 Å². The lowest BCUT2D eigenvalue weighted by molar-refractivity contribution is 0.00262. The highest BCUT2D eigenvalue weighted by Crippen LogP contribution is 2.40. The van der Waals surface area contributed by atoms with E-state index in [9.17, 15) is 5.11 Å². The molecule has 0 aliphatic carbocycles. The number of fused-ring (bicyclic) bond motifs is 3. The normalized spacial score (nSPS) is 17.5. The van der Waals surface area contributed by atoms with Gasteiger partial charge in [-0.3, -0.25) is 19.4 Å². The van der Waals surface area contributed by atoms with Crippen molar-refractivity contribution >= 4 is 34.1 Å². The van der Waals surface area contributed by atoms with Gasteiger partial charge in [0.15, 0.2) is 17.6 Å². The highest BCUT2D eigenvalue weighted by molar-refractivity contribution is 6.17. The molecule has 1 saturated heterocycles. The maximum absolute atomic E-state index is 15.7. The predicted octanol–water partition coefficient (Wildman–Crippen LogP) is 8.49. The number of likely N-dealkylation sites (N-methyl/N-ethyl adjacent to an activating group) is 1. The van der Waals surface area contributed by atoms with Gasteiger partial charge in [-0.15, -0.1) is 0 Å². The Bertz CT molecular complexity index is 2770. The Morgan fingerprint density at radius 2 is 1.44 bits per heavy atom. The molecule has 1 aromatic heterocycles. The average molecular weight is 854 g/mol. The molecule has 1 unspecified atom stereocenters. The number of para-hydroxylation sites is 2. The number of ether oxygens (including phenoxy) is 3. The second kappa shape index (κ2) is 18.1. The van der Waals surface area contributed by atoms with Gasteiger partial charge in [-0.2, -0.15) is 0 Å². The zero-order chi connectivity index (χ0) is 43.6. The molecule has 7 aromatic rings. The Hall–Kier alpha value is -6.92. The summed E-state index contributed by atoms with van der Waals surface area (Å²) in [5.41, 5.74) is 6.94. The number of amides is 2. The fourth-order valence-electron chi connectivity index (χ4n) is 9.19. The molecule has 0 spiro atoms. The third-order valence-corrected chi connectivity index (χ3v) is 12.6. The van der Waals surface area contributed by atoms with Gasteiger partial charge in [0.2, 0.25) is 0 Å². The summed E-state index contributed by atoms with van der Waals surface area (Å²) in [6, 6.07) is 45.9. The molecule has 64 heavy (non-hydrogen) atoms. The van der Waals surface area contributed by atoms with Crippen molar-refractivity contribution in [3.05, 3.63) is 180 Å². The Labute approximate surface area is 373 Å². The molecule has 0 radical (unpaired) electrons. The number of carbonyl (C=O) groups excluding carboxylic acids is 2. The van der Waals surface area contributed by atoms with Crippen molar-refractivity contribution in [3.63, 3.8) is 0 Å². The van der Waals surface area contributed by atoms with Gasteiger partial charge in [-0.25, -0.2) is 0 Å². The first-order valence-electron chi connectivity index (χ1n) is 22.0. The summed E-state index contributed by atoms with van der Waals surface area (Å²) >= 11 is 0. The van der Waals surface area contributed by atoms with Crippen LogP contribution in [0.3, 0.4) is 0 Å². The molecule has 1 N–H and O–H groups in total. The number of anilines is 2. The quantitative estimate of drug-likeness (QED) is 0.138. The van der Waals surface area contributed by atoms with Crippen LogP contribution in [0.5, 0.6) is 17.2 Å². The lowest BCUT2D eigenvalue weighted by Gasteiger charge is -2.42. The summed E-state index contributed by atoms with van der Waals surface area (Å²) in [7, 11) is 2.16. The Kier molecular flexibility index (Phi) is 11.6. The Balaban J connectivity index is 1.06. The number of piperazine rings is 1. The van der Waals surface area contributed by atoms with E-state index < -0.39 is 6.10 Å². The van der Waals surface area contributed by atoms with Crippen molar-refractivity contribution in [3.8, 4) is 22.9 Å². The molecule has 3 aliphatic rings. The molecule has 3 aliphatic heterocycles. The van der Waals surface area contributed by atoms with E-state index in [1.807, 2.05) is 119 Å². The predicted molar refractivity (Wildman–Crippen MR) is 248 cm³/mol. The van der Waals surface area contributed by atoms with Crippen molar-refractivity contribution in [1.29, 1.82) is 0 Å². The molecule has 10 rings (SSSR count). The molecule has 0 bridgehead atoms. The molecule has 4 heterocycles. The van der Waals surface area contributed by atoms with Crippen LogP contribution in [0.15, 0.2) is 152 Å². The Morgan fingerprint density at radius 3 is 2.22 bits per heavy atom. The second-order valence-electron chi connectivity index (χ2n) is 17.0. The van der Waals surface area contributed by atoms with Crippen LogP contribution in [0.25, 0.3) is 16.6 Å². The highest BCUT2D eigenvalue weighted by atomic mass is 16.6. The minimum absolute atomic E-state index is 0.0747. The molecule has 2 amide bonds. The van der Waals surface area contributed by atoms with Gasteiger partial charge in [0.1, 0.15) is 12.4 Å². The first-order chi connectivity index (χ1) is 31.4. The lowest BCUT2D eigenvalue weighted by atomic mass is 9.92. The van der Waals surface area contributed by atoms with Crippen molar-refractivity contribution in [1.82, 2.24) is 19.3 Å². The number of phenolic OH excluding ortho intramolecular Hbond substituents is 1. The van der Waals surface area contributed by atoms with Gasteiger partial charge in [-0.1, -0.05) is 91.0 Å². The number of hydrogen-bond acceptors (Lipinski definition) is 8. The van der Waals surface area contributed by atoms with Crippen LogP contribution in [0, 0.1) is 0 Å². The number of carbonyl (C=O) groups is 2. The van der Waals surface area contributed by atoms with Crippen LogP contribution in [-0.4, -0.2) is 101 Å². The van der Waals surface area contributed by atoms with Crippen LogP contribution >= 0.6 is 0 Å². The van der Waals surface area contributed by atoms with E-state index in [0.29, 0.717) is 59.4 Å². The summed E-state index contributed by atoms with van der Waals surface area (Å²) in [4.78, 5) is 39.3. The fraction of sp³-hybridized carbons (Fsp3) is 0.245. The number of benzene rings is 6. The zero-order valence-corrected chi connectivity index (χ0v) is 35.9. The number of rotatable bonds is 11. The van der Waals surface area contributed by atoms with Crippen LogP contribution < -0.4 is 14.4 Å². The molecular weight excluding hydrogens is 803 g/mol. The third-order valence-electron chi connectivity index (χ3n) is 12.6. The Morgan fingerprint density at radius 1 is 0.750 bits per heavy atom. The second-order valence-corrected chi connectivity index (χ2v) is 17.0. The van der Waals surface area contributed by atoms with E-state index in [2.05, 4.69) is 35.0 Å². The van der Waals surface area contributed by atoms with Crippen molar-refractivity contribution < 1.29 is 28.9 Å². The first kappa shape index (κ1) is 41.1. The average Bonchev–Trinajstić information content (AvgIpc) is 3.72. The van der Waals surface area contributed by atoms with E-state index in [0.717, 1.165) is 61.2 Å². The first-order valence-corrected chi connectivity index (χ1v) is 22.0. The van der Waals surface area contributed by atoms with Crippen LogP contribution in [0.4, 0.5) is 11.4 Å². The standard InChI is InChI=1S/C53H51N5O6/c1-54-24-26-55(27-25-54)32-42-28-38-14-8-9-15-39(38)31-56(42)52(60)46-29-51-50(63-36-44(64-51)35-62-34-37-12-4-2-5-13-37)30-49(46)57-33-47(45-18-10-11-19-48(45)57)53(61)58(40-16-6-3-7-17-40)41-20-22-43(59)23-21-41/h2-23,29-30,33,42,44,59H,24-28,31-32,34-36H2,1H3/t42?,44-/m0/s1. The van der Waals surface area contributed by atoms with Gasteiger partial charge in [0, 0.05) is 74.3 Å². The van der Waals surface area contributed by atoms with E-state index in [1.165, 1.54) is 5.56 Å². The van der Waals surface area contributed by atoms with E-state index in [1.54, 1.807) is 29.2 Å². The number of phenols is 1. The van der Waals surface area contributed by atoms with Gasteiger partial charge < -0.3 is 33.7 Å². The maximum atomic E-state index is 15.7. The van der Waals surface area contributed by atoms with Gasteiger partial charge in [0.05, 0.1) is 35.5 Å². The highest BCUT2D eigenvalue weighted by Gasteiger charge is 2.36. The summed E-state index contributed by atoms with van der Waals surface area (Å²) in [5, 5.41) is 10.9. The topological polar surface area (TPSA) is 100.0 Å². The molecule has 324 valence electrons. The number of aromatic nitrogens is 1. The van der Waals surface area contributed by atoms with Crippen LogP contribution in [0.2, 0.25) is 0 Å². The lowest BCUT2D eigenvalue weighted by Crippen LogP contribution is -2.53. The van der Waals surface area contributed by atoms with Crippen LogP contribution in [-0.2, 0) is 24.3 Å². The molecule has 0 saturated carbocycles. The molecule has 2 atom stereocenters. The largest absolute Gasteiger partial charge is 0.508 e. The smallest absolute Gasteiger partial charge is 0.265 e. The van der Waals surface area contributed by atoms with E-state index in [-0.39, 0.29) is 30.2 Å². The number of aromatic hydroxyl groups is 1. The third kappa shape index (κ3) is 8.45.